The molecule has 1 aromatic rings. The third-order valence-electron chi connectivity index (χ3n) is 5.17. The predicted molar refractivity (Wildman–Crippen MR) is 91.8 cm³/mol. The number of morpholine rings is 1. The molecule has 7 heteroatoms. The molecular formula is C17H29N5O2. The molecule has 7 nitrogen and oxygen atoms in total. The molecule has 2 heterocycles. The maximum absolute atomic E-state index is 12.6. The van der Waals surface area contributed by atoms with Crippen LogP contribution in [0.4, 0.5) is 4.79 Å². The van der Waals surface area contributed by atoms with Crippen molar-refractivity contribution in [2.24, 2.45) is 0 Å². The quantitative estimate of drug-likeness (QED) is 0.905. The minimum absolute atomic E-state index is 0.0376. The second-order valence-electron chi connectivity index (χ2n) is 7.01. The minimum atomic E-state index is -0.0806. The number of nitrogens with zero attached hydrogens (tertiary/aromatic N) is 4. The van der Waals surface area contributed by atoms with Crippen molar-refractivity contribution in [3.05, 3.63) is 18.0 Å². The molecule has 0 radical (unpaired) electrons. The van der Waals surface area contributed by atoms with Gasteiger partial charge in [0, 0.05) is 36.9 Å². The number of aromatic nitrogens is 2. The van der Waals surface area contributed by atoms with Crippen molar-refractivity contribution in [2.45, 2.75) is 50.9 Å². The van der Waals surface area contributed by atoms with Crippen molar-refractivity contribution in [1.29, 1.82) is 0 Å². The summed E-state index contributed by atoms with van der Waals surface area (Å²) in [5.74, 6) is 0. The van der Waals surface area contributed by atoms with E-state index >= 15 is 0 Å². The van der Waals surface area contributed by atoms with Crippen molar-refractivity contribution in [2.75, 3.05) is 33.8 Å². The van der Waals surface area contributed by atoms with Crippen LogP contribution in [0, 0.1) is 0 Å². The summed E-state index contributed by atoms with van der Waals surface area (Å²) >= 11 is 0. The van der Waals surface area contributed by atoms with Crippen LogP contribution in [0.5, 0.6) is 0 Å². The lowest BCUT2D eigenvalue weighted by molar-refractivity contribution is -0.0158. The molecular weight excluding hydrogens is 306 g/mol. The fourth-order valence-electron chi connectivity index (χ4n) is 3.58. The van der Waals surface area contributed by atoms with Gasteiger partial charge < -0.3 is 19.9 Å². The Morgan fingerprint density at radius 2 is 2.29 bits per heavy atom. The van der Waals surface area contributed by atoms with Gasteiger partial charge in [-0.25, -0.2) is 4.79 Å². The van der Waals surface area contributed by atoms with Gasteiger partial charge in [0.25, 0.3) is 0 Å². The van der Waals surface area contributed by atoms with E-state index in [1.807, 2.05) is 22.0 Å². The van der Waals surface area contributed by atoms with E-state index in [0.29, 0.717) is 25.7 Å². The van der Waals surface area contributed by atoms with E-state index in [9.17, 15) is 4.79 Å². The zero-order valence-corrected chi connectivity index (χ0v) is 14.9. The number of hydrogen-bond donors (Lipinski definition) is 1. The Morgan fingerprint density at radius 1 is 1.46 bits per heavy atom. The molecule has 1 saturated heterocycles. The fraction of sp³-hybridized carbons (Fsp3) is 0.765. The molecule has 3 rings (SSSR count). The Kier molecular flexibility index (Phi) is 5.40. The van der Waals surface area contributed by atoms with Crippen LogP contribution in [0.2, 0.25) is 0 Å². The Balaban J connectivity index is 1.53. The first-order valence-electron chi connectivity index (χ1n) is 8.92. The highest BCUT2D eigenvalue weighted by molar-refractivity contribution is 5.74. The van der Waals surface area contributed by atoms with Crippen LogP contribution >= 0.6 is 0 Å². The molecule has 2 aliphatic rings. The highest BCUT2D eigenvalue weighted by Crippen LogP contribution is 2.24. The topological polar surface area (TPSA) is 62.6 Å². The lowest BCUT2D eigenvalue weighted by Gasteiger charge is -2.33. The molecule has 0 aromatic carbocycles. The third-order valence-corrected chi connectivity index (χ3v) is 5.17. The van der Waals surface area contributed by atoms with E-state index in [-0.39, 0.29) is 18.2 Å². The van der Waals surface area contributed by atoms with Gasteiger partial charge in [-0.2, -0.15) is 5.10 Å². The molecule has 2 amide bonds. The summed E-state index contributed by atoms with van der Waals surface area (Å²) in [6.45, 7) is 4.70. The maximum atomic E-state index is 12.6. The monoisotopic (exact) mass is 335 g/mol. The Morgan fingerprint density at radius 3 is 2.96 bits per heavy atom. The Labute approximate surface area is 143 Å². The zero-order chi connectivity index (χ0) is 17.1. The van der Waals surface area contributed by atoms with Crippen LogP contribution < -0.4 is 5.32 Å². The summed E-state index contributed by atoms with van der Waals surface area (Å²) < 4.78 is 7.73. The zero-order valence-electron chi connectivity index (χ0n) is 14.9. The highest BCUT2D eigenvalue weighted by atomic mass is 16.5. The lowest BCUT2D eigenvalue weighted by atomic mass is 10.1. The molecule has 24 heavy (non-hydrogen) atoms. The normalized spacial score (nSPS) is 27.7. The third kappa shape index (κ3) is 3.89. The van der Waals surface area contributed by atoms with Gasteiger partial charge in [-0.3, -0.25) is 4.68 Å². The van der Waals surface area contributed by atoms with E-state index in [4.69, 9.17) is 4.74 Å². The van der Waals surface area contributed by atoms with Crippen molar-refractivity contribution in [3.8, 4) is 0 Å². The fourth-order valence-corrected chi connectivity index (χ4v) is 3.58. The molecule has 0 spiro atoms. The molecule has 3 atom stereocenters. The summed E-state index contributed by atoms with van der Waals surface area (Å²) in [6, 6.07) is 0.900. The second-order valence-corrected chi connectivity index (χ2v) is 7.01. The highest BCUT2D eigenvalue weighted by Gasteiger charge is 2.31. The molecule has 2 fully saturated rings. The first-order chi connectivity index (χ1) is 11.6. The predicted octanol–water partition coefficient (Wildman–Crippen LogP) is 1.47. The van der Waals surface area contributed by atoms with Crippen LogP contribution in [0.1, 0.15) is 37.9 Å². The Bertz CT molecular complexity index is 559. The number of rotatable bonds is 4. The summed E-state index contributed by atoms with van der Waals surface area (Å²) in [5, 5.41) is 7.51. The van der Waals surface area contributed by atoms with Gasteiger partial charge in [-0.1, -0.05) is 0 Å². The standard InChI is InChI=1S/C17H29N5O2/c1-4-22-11-13(10-18-22)16-12-21(7-8-24-16)17(23)19-14-5-6-15(9-14)20(2)3/h10-11,14-16H,4-9,12H2,1-3H3,(H,19,23)/t14-,15-,16+/m1/s1. The van der Waals surface area contributed by atoms with Gasteiger partial charge in [-0.05, 0) is 40.3 Å². The molecule has 1 N–H and O–H groups in total. The minimum Gasteiger partial charge on any atom is -0.370 e. The molecule has 0 unspecified atom stereocenters. The number of ether oxygens (including phenoxy) is 1. The molecule has 1 aliphatic carbocycles. The van der Waals surface area contributed by atoms with Crippen LogP contribution in [0.25, 0.3) is 0 Å². The lowest BCUT2D eigenvalue weighted by Crippen LogP contribution is -2.49. The van der Waals surface area contributed by atoms with E-state index in [1.165, 1.54) is 0 Å². The number of nitrogens with one attached hydrogen (secondary N) is 1. The van der Waals surface area contributed by atoms with E-state index in [2.05, 4.69) is 36.3 Å². The summed E-state index contributed by atoms with van der Waals surface area (Å²) in [7, 11) is 4.22. The van der Waals surface area contributed by atoms with Crippen LogP contribution in [0.15, 0.2) is 12.4 Å². The van der Waals surface area contributed by atoms with E-state index in [1.54, 1.807) is 0 Å². The van der Waals surface area contributed by atoms with Gasteiger partial charge in [-0.15, -0.1) is 0 Å². The first kappa shape index (κ1) is 17.2. The number of carbonyl (C=O) groups excluding carboxylic acids is 1. The van der Waals surface area contributed by atoms with Crippen molar-refractivity contribution < 1.29 is 9.53 Å². The van der Waals surface area contributed by atoms with E-state index < -0.39 is 0 Å². The number of aryl methyl sites for hydroxylation is 1. The Hall–Kier alpha value is -1.60. The van der Waals surface area contributed by atoms with E-state index in [0.717, 1.165) is 31.4 Å². The molecule has 134 valence electrons. The van der Waals surface area contributed by atoms with Gasteiger partial charge >= 0.3 is 6.03 Å². The second kappa shape index (κ2) is 7.53. The molecule has 1 aliphatic heterocycles. The van der Waals surface area contributed by atoms with Crippen molar-refractivity contribution in [3.63, 3.8) is 0 Å². The van der Waals surface area contributed by atoms with Gasteiger partial charge in [0.05, 0.1) is 19.3 Å². The average Bonchev–Trinajstić information content (AvgIpc) is 3.24. The molecule has 0 bridgehead atoms. The maximum Gasteiger partial charge on any atom is 0.317 e. The number of urea groups is 1. The van der Waals surface area contributed by atoms with Crippen LogP contribution in [-0.2, 0) is 11.3 Å². The van der Waals surface area contributed by atoms with Crippen LogP contribution in [-0.4, -0.2) is 71.5 Å². The van der Waals surface area contributed by atoms with Gasteiger partial charge in [0.1, 0.15) is 6.10 Å². The number of hydrogen-bond acceptors (Lipinski definition) is 4. The van der Waals surface area contributed by atoms with Crippen LogP contribution in [0.3, 0.4) is 0 Å². The van der Waals surface area contributed by atoms with Gasteiger partial charge in [0.2, 0.25) is 0 Å². The smallest absolute Gasteiger partial charge is 0.317 e. The summed E-state index contributed by atoms with van der Waals surface area (Å²) in [5.41, 5.74) is 1.04. The summed E-state index contributed by atoms with van der Waals surface area (Å²) in [4.78, 5) is 16.7. The molecule has 1 saturated carbocycles. The van der Waals surface area contributed by atoms with Gasteiger partial charge in [0.15, 0.2) is 0 Å². The number of amides is 2. The average molecular weight is 335 g/mol. The largest absolute Gasteiger partial charge is 0.370 e. The first-order valence-corrected chi connectivity index (χ1v) is 8.92. The van der Waals surface area contributed by atoms with Crippen molar-refractivity contribution >= 4 is 6.03 Å². The SMILES string of the molecule is CCn1cc([C@@H]2CN(C(=O)N[C@@H]3CC[C@@H](N(C)C)C3)CCO2)cn1. The molecule has 1 aromatic heterocycles. The summed E-state index contributed by atoms with van der Waals surface area (Å²) in [6.07, 6.45) is 7.02. The van der Waals surface area contributed by atoms with Crippen molar-refractivity contribution in [1.82, 2.24) is 24.9 Å². The number of carbonyl (C=O) groups is 1.